The van der Waals surface area contributed by atoms with Gasteiger partial charge < -0.3 is 5.32 Å². The van der Waals surface area contributed by atoms with Gasteiger partial charge in [0, 0.05) is 19.5 Å². The quantitative estimate of drug-likeness (QED) is 0.399. The number of aromatic nitrogens is 4. The van der Waals surface area contributed by atoms with E-state index in [0.717, 1.165) is 28.0 Å². The number of hydrogen-bond donors (Lipinski definition) is 2. The Labute approximate surface area is 187 Å². The van der Waals surface area contributed by atoms with Crippen LogP contribution in [0.1, 0.15) is 24.0 Å². The van der Waals surface area contributed by atoms with Crippen LogP contribution in [0.25, 0.3) is 16.7 Å². The molecule has 0 spiro atoms. The monoisotopic (exact) mass is 450 g/mol. The number of para-hydroxylation sites is 1. The predicted molar refractivity (Wildman–Crippen MR) is 126 cm³/mol. The molecule has 32 heavy (non-hydrogen) atoms. The van der Waals surface area contributed by atoms with Crippen LogP contribution in [0.5, 0.6) is 0 Å². The Morgan fingerprint density at radius 2 is 1.66 bits per heavy atom. The molecule has 4 aromatic rings. The van der Waals surface area contributed by atoms with E-state index in [2.05, 4.69) is 15.0 Å². The summed E-state index contributed by atoms with van der Waals surface area (Å²) in [6.07, 6.45) is 0.670. The van der Waals surface area contributed by atoms with Crippen molar-refractivity contribution in [3.63, 3.8) is 0 Å². The van der Waals surface area contributed by atoms with Gasteiger partial charge >= 0.3 is 0 Å². The molecule has 2 aromatic heterocycles. The molecular formula is C23H26N6O2S. The van der Waals surface area contributed by atoms with Crippen LogP contribution >= 0.6 is 0 Å². The first-order valence-electron chi connectivity index (χ1n) is 10.5. The van der Waals surface area contributed by atoms with E-state index in [0.29, 0.717) is 24.6 Å². The van der Waals surface area contributed by atoms with Gasteiger partial charge in [0.15, 0.2) is 5.65 Å². The maximum Gasteiger partial charge on any atom is 0.240 e. The van der Waals surface area contributed by atoms with Gasteiger partial charge in [-0.3, -0.25) is 0 Å². The number of sulfonamides is 1. The van der Waals surface area contributed by atoms with Crippen molar-refractivity contribution in [3.05, 3.63) is 71.7 Å². The summed E-state index contributed by atoms with van der Waals surface area (Å²) in [6.45, 7) is 6.55. The smallest absolute Gasteiger partial charge is 0.240 e. The molecule has 8 nitrogen and oxygen atoms in total. The molecule has 0 bridgehead atoms. The summed E-state index contributed by atoms with van der Waals surface area (Å²) < 4.78 is 29.3. The molecule has 0 aliphatic carbocycles. The number of nitrogens with zero attached hydrogens (tertiary/aromatic N) is 4. The highest BCUT2D eigenvalue weighted by Gasteiger charge is 2.18. The van der Waals surface area contributed by atoms with Crippen molar-refractivity contribution in [3.8, 4) is 5.69 Å². The predicted octanol–water partition coefficient (Wildman–Crippen LogP) is 3.39. The van der Waals surface area contributed by atoms with Gasteiger partial charge in [0.2, 0.25) is 10.0 Å². The highest BCUT2D eigenvalue weighted by Crippen LogP contribution is 2.27. The molecule has 0 saturated carbocycles. The fourth-order valence-corrected chi connectivity index (χ4v) is 4.59. The minimum Gasteiger partial charge on any atom is -0.368 e. The number of fused-ring (bicyclic) bond motifs is 1. The van der Waals surface area contributed by atoms with Gasteiger partial charge in [0.05, 0.1) is 21.7 Å². The van der Waals surface area contributed by atoms with Crippen LogP contribution in [0, 0.1) is 13.8 Å². The van der Waals surface area contributed by atoms with Crippen LogP contribution in [0.3, 0.4) is 0 Å². The lowest BCUT2D eigenvalue weighted by Gasteiger charge is -2.11. The van der Waals surface area contributed by atoms with E-state index in [-0.39, 0.29) is 11.4 Å². The molecule has 0 aliphatic heterocycles. The van der Waals surface area contributed by atoms with E-state index >= 15 is 0 Å². The highest BCUT2D eigenvalue weighted by molar-refractivity contribution is 7.89. The molecular weight excluding hydrogens is 424 g/mol. The molecule has 166 valence electrons. The summed E-state index contributed by atoms with van der Waals surface area (Å²) in [5, 5.41) is 8.83. The lowest BCUT2D eigenvalue weighted by Crippen LogP contribution is -2.29. The van der Waals surface area contributed by atoms with Crippen molar-refractivity contribution < 1.29 is 8.42 Å². The second-order valence-corrected chi connectivity index (χ2v) is 9.23. The van der Waals surface area contributed by atoms with Crippen molar-refractivity contribution in [2.45, 2.75) is 32.1 Å². The Kier molecular flexibility index (Phi) is 6.20. The maximum absolute atomic E-state index is 12.4. The summed E-state index contributed by atoms with van der Waals surface area (Å²) in [7, 11) is -3.55. The molecule has 9 heteroatoms. The van der Waals surface area contributed by atoms with E-state index in [1.54, 1.807) is 30.3 Å². The summed E-state index contributed by atoms with van der Waals surface area (Å²) in [5.74, 6) is 1.35. The second kappa shape index (κ2) is 9.05. The molecule has 0 saturated heterocycles. The Morgan fingerprint density at radius 1 is 0.938 bits per heavy atom. The van der Waals surface area contributed by atoms with E-state index in [9.17, 15) is 8.42 Å². The van der Waals surface area contributed by atoms with Crippen molar-refractivity contribution in [1.29, 1.82) is 0 Å². The van der Waals surface area contributed by atoms with Gasteiger partial charge in [0.1, 0.15) is 11.6 Å². The summed E-state index contributed by atoms with van der Waals surface area (Å²) in [4.78, 5) is 9.63. The number of hydrogen-bond acceptors (Lipinski definition) is 6. The van der Waals surface area contributed by atoms with Crippen molar-refractivity contribution in [2.75, 3.05) is 18.4 Å². The third-order valence-electron chi connectivity index (χ3n) is 5.17. The second-order valence-electron chi connectivity index (χ2n) is 7.46. The molecule has 2 heterocycles. The fourth-order valence-electron chi connectivity index (χ4n) is 3.53. The average Bonchev–Trinajstić information content (AvgIpc) is 3.13. The Bertz CT molecular complexity index is 1350. The normalized spacial score (nSPS) is 11.7. The van der Waals surface area contributed by atoms with Crippen LogP contribution < -0.4 is 10.0 Å². The summed E-state index contributed by atoms with van der Waals surface area (Å²) in [6, 6.07) is 16.3. The lowest BCUT2D eigenvalue weighted by atomic mass is 10.2. The first kappa shape index (κ1) is 21.9. The van der Waals surface area contributed by atoms with Gasteiger partial charge in [-0.05, 0) is 37.6 Å². The first-order chi connectivity index (χ1) is 15.4. The van der Waals surface area contributed by atoms with E-state index in [1.165, 1.54) is 0 Å². The third kappa shape index (κ3) is 4.35. The van der Waals surface area contributed by atoms with Crippen molar-refractivity contribution in [2.24, 2.45) is 0 Å². The molecule has 4 rings (SSSR count). The third-order valence-corrected chi connectivity index (χ3v) is 6.65. The highest BCUT2D eigenvalue weighted by atomic mass is 32.2. The molecule has 0 unspecified atom stereocenters. The van der Waals surface area contributed by atoms with Crippen LogP contribution in [0.15, 0.2) is 59.5 Å². The van der Waals surface area contributed by atoms with Crippen LogP contribution in [-0.2, 0) is 16.4 Å². The number of anilines is 1. The van der Waals surface area contributed by atoms with Gasteiger partial charge in [-0.2, -0.15) is 5.10 Å². The van der Waals surface area contributed by atoms with Gasteiger partial charge in [-0.15, -0.1) is 0 Å². The van der Waals surface area contributed by atoms with E-state index < -0.39 is 10.0 Å². The van der Waals surface area contributed by atoms with Crippen LogP contribution in [-0.4, -0.2) is 41.3 Å². The van der Waals surface area contributed by atoms with Gasteiger partial charge in [-0.25, -0.2) is 27.8 Å². The minimum atomic E-state index is -3.55. The molecule has 0 aliphatic rings. The topological polar surface area (TPSA) is 102 Å². The van der Waals surface area contributed by atoms with Crippen LogP contribution in [0.2, 0.25) is 0 Å². The largest absolute Gasteiger partial charge is 0.368 e. The SMILES string of the molecule is CCc1nc(NCCNS(=O)(=O)c2ccccc2)c2c(C)nn(-c3ccccc3C)c2n1. The Morgan fingerprint density at radius 3 is 2.38 bits per heavy atom. The zero-order valence-corrected chi connectivity index (χ0v) is 19.1. The Balaban J connectivity index is 1.60. The molecule has 0 fully saturated rings. The zero-order valence-electron chi connectivity index (χ0n) is 18.3. The van der Waals surface area contributed by atoms with E-state index in [1.807, 2.05) is 49.7 Å². The molecule has 2 N–H and O–H groups in total. The molecule has 0 radical (unpaired) electrons. The number of aryl methyl sites for hydroxylation is 3. The van der Waals surface area contributed by atoms with Crippen molar-refractivity contribution in [1.82, 2.24) is 24.5 Å². The van der Waals surface area contributed by atoms with Crippen molar-refractivity contribution >= 4 is 26.9 Å². The standard InChI is InChI=1S/C23H26N6O2S/c1-4-20-26-22(24-14-15-25-32(30,31)18-11-6-5-7-12-18)21-17(3)28-29(23(21)27-20)19-13-9-8-10-16(19)2/h5-13,25H,4,14-15H2,1-3H3,(H,24,26,27). The average molecular weight is 451 g/mol. The van der Waals surface area contributed by atoms with Gasteiger partial charge in [-0.1, -0.05) is 43.3 Å². The number of benzene rings is 2. The molecule has 0 amide bonds. The van der Waals surface area contributed by atoms with Gasteiger partial charge in [0.25, 0.3) is 0 Å². The summed E-state index contributed by atoms with van der Waals surface area (Å²) in [5.41, 5.74) is 3.60. The summed E-state index contributed by atoms with van der Waals surface area (Å²) >= 11 is 0. The first-order valence-corrected chi connectivity index (χ1v) is 12.0. The number of nitrogens with one attached hydrogen (secondary N) is 2. The van der Waals surface area contributed by atoms with E-state index in [4.69, 9.17) is 10.1 Å². The Hall–Kier alpha value is -3.30. The zero-order chi connectivity index (χ0) is 22.7. The minimum absolute atomic E-state index is 0.217. The molecule has 2 aromatic carbocycles. The van der Waals surface area contributed by atoms with Crippen LogP contribution in [0.4, 0.5) is 5.82 Å². The maximum atomic E-state index is 12.4. The fraction of sp³-hybridized carbons (Fsp3) is 0.261. The lowest BCUT2D eigenvalue weighted by molar-refractivity contribution is 0.583. The number of rotatable bonds is 8. The molecule has 0 atom stereocenters.